The Bertz CT molecular complexity index is 1450. The van der Waals surface area contributed by atoms with Crippen LogP contribution in [0, 0.1) is 13.8 Å². The molecule has 1 aliphatic heterocycles. The molecule has 1 aromatic carbocycles. The van der Waals surface area contributed by atoms with Gasteiger partial charge in [-0.3, -0.25) is 14.8 Å². The Labute approximate surface area is 221 Å². The highest BCUT2D eigenvalue weighted by atomic mass is 32.1. The lowest BCUT2D eigenvalue weighted by Gasteiger charge is -2.29. The number of methoxy groups -OCH3 is 1. The number of pyridine rings is 2. The first kappa shape index (κ1) is 24.5. The number of carbonyl (C=O) groups is 1. The van der Waals surface area contributed by atoms with Crippen molar-refractivity contribution >= 4 is 34.6 Å². The lowest BCUT2D eigenvalue weighted by atomic mass is 9.96. The normalized spacial score (nSPS) is 17.0. The van der Waals surface area contributed by atoms with E-state index in [4.69, 9.17) is 17.0 Å². The van der Waals surface area contributed by atoms with Crippen LogP contribution >= 0.6 is 12.2 Å². The van der Waals surface area contributed by atoms with Crippen LogP contribution < -0.4 is 20.3 Å². The van der Waals surface area contributed by atoms with Crippen LogP contribution in [0.4, 0.5) is 11.4 Å². The molecular formula is C28H28N6O2S. The number of amides is 1. The lowest BCUT2D eigenvalue weighted by Crippen LogP contribution is -2.29. The predicted octanol–water partition coefficient (Wildman–Crippen LogP) is 5.03. The quantitative estimate of drug-likeness (QED) is 0.351. The molecule has 1 aliphatic rings. The van der Waals surface area contributed by atoms with Crippen LogP contribution in [-0.2, 0) is 4.79 Å². The first-order valence-electron chi connectivity index (χ1n) is 11.9. The average Bonchev–Trinajstić information content (AvgIpc) is 3.39. The minimum absolute atomic E-state index is 0.180. The summed E-state index contributed by atoms with van der Waals surface area (Å²) in [5, 5.41) is 6.95. The van der Waals surface area contributed by atoms with Gasteiger partial charge in [0.25, 0.3) is 0 Å². The van der Waals surface area contributed by atoms with E-state index >= 15 is 0 Å². The molecule has 1 saturated heterocycles. The number of hydrogen-bond acceptors (Lipinski definition) is 5. The van der Waals surface area contributed by atoms with Crippen LogP contribution in [0.2, 0.25) is 0 Å². The highest BCUT2D eigenvalue weighted by molar-refractivity contribution is 7.80. The van der Waals surface area contributed by atoms with Crippen molar-refractivity contribution in [2.24, 2.45) is 0 Å². The first-order valence-corrected chi connectivity index (χ1v) is 12.4. The number of thiocarbonyl (C=S) groups is 1. The third kappa shape index (κ3) is 4.53. The molecule has 0 bridgehead atoms. The van der Waals surface area contributed by atoms with Crippen molar-refractivity contribution in [3.63, 3.8) is 0 Å². The minimum atomic E-state index is -0.197. The molecule has 9 heteroatoms. The largest absolute Gasteiger partial charge is 0.495 e. The molecule has 0 radical (unpaired) electrons. The summed E-state index contributed by atoms with van der Waals surface area (Å²) < 4.78 is 7.68. The monoisotopic (exact) mass is 512 g/mol. The molecule has 2 unspecified atom stereocenters. The third-order valence-corrected chi connectivity index (χ3v) is 6.88. The Balaban J connectivity index is 1.68. The number of rotatable bonds is 6. The predicted molar refractivity (Wildman–Crippen MR) is 148 cm³/mol. The highest BCUT2D eigenvalue weighted by Crippen LogP contribution is 2.45. The van der Waals surface area contributed by atoms with Gasteiger partial charge in [-0.05, 0) is 80.2 Å². The van der Waals surface area contributed by atoms with Crippen molar-refractivity contribution in [1.82, 2.24) is 19.9 Å². The average molecular weight is 513 g/mol. The molecule has 0 spiro atoms. The molecule has 37 heavy (non-hydrogen) atoms. The first-order chi connectivity index (χ1) is 17.9. The fourth-order valence-electron chi connectivity index (χ4n) is 5.05. The van der Waals surface area contributed by atoms with Gasteiger partial charge in [0.05, 0.1) is 42.5 Å². The number of aryl methyl sites for hydroxylation is 1. The molecule has 5 rings (SSSR count). The van der Waals surface area contributed by atoms with Crippen LogP contribution in [-0.4, -0.2) is 32.7 Å². The van der Waals surface area contributed by atoms with E-state index in [1.54, 1.807) is 19.5 Å². The minimum Gasteiger partial charge on any atom is -0.495 e. The van der Waals surface area contributed by atoms with Gasteiger partial charge >= 0.3 is 0 Å². The van der Waals surface area contributed by atoms with Crippen molar-refractivity contribution in [2.75, 3.05) is 17.3 Å². The Hall–Kier alpha value is -4.24. The summed E-state index contributed by atoms with van der Waals surface area (Å²) >= 11 is 5.90. The van der Waals surface area contributed by atoms with E-state index in [1.165, 1.54) is 6.92 Å². The second kappa shape index (κ2) is 10.0. The zero-order valence-corrected chi connectivity index (χ0v) is 21.9. The van der Waals surface area contributed by atoms with Crippen molar-refractivity contribution < 1.29 is 9.53 Å². The number of anilines is 2. The zero-order chi connectivity index (χ0) is 26.1. The molecule has 0 aliphatic carbocycles. The van der Waals surface area contributed by atoms with E-state index in [-0.39, 0.29) is 18.0 Å². The van der Waals surface area contributed by atoms with Gasteiger partial charge in [-0.25, -0.2) is 0 Å². The second-order valence-electron chi connectivity index (χ2n) is 8.94. The van der Waals surface area contributed by atoms with E-state index in [0.717, 1.165) is 34.0 Å². The Kier molecular flexibility index (Phi) is 6.62. The maximum absolute atomic E-state index is 11.9. The number of ether oxygens (including phenoxy) is 1. The topological polar surface area (TPSA) is 84.3 Å². The summed E-state index contributed by atoms with van der Waals surface area (Å²) in [4.78, 5) is 23.0. The number of carbonyl (C=O) groups excluding carboxylic acids is 1. The number of nitrogens with zero attached hydrogens (tertiary/aromatic N) is 4. The van der Waals surface area contributed by atoms with Crippen molar-refractivity contribution in [1.29, 1.82) is 0 Å². The molecule has 0 saturated carbocycles. The Morgan fingerprint density at radius 3 is 2.59 bits per heavy atom. The summed E-state index contributed by atoms with van der Waals surface area (Å²) in [6.07, 6.45) is 5.42. The maximum atomic E-state index is 11.9. The number of aromatic nitrogens is 3. The number of nitrogens with one attached hydrogen (secondary N) is 2. The van der Waals surface area contributed by atoms with Gasteiger partial charge in [-0.15, -0.1) is 0 Å². The summed E-state index contributed by atoms with van der Waals surface area (Å²) in [5.74, 6) is 0.394. The van der Waals surface area contributed by atoms with Crippen molar-refractivity contribution in [2.45, 2.75) is 32.9 Å². The van der Waals surface area contributed by atoms with Gasteiger partial charge in [-0.2, -0.15) is 0 Å². The highest BCUT2D eigenvalue weighted by Gasteiger charge is 2.42. The number of benzene rings is 1. The summed E-state index contributed by atoms with van der Waals surface area (Å²) in [6.45, 7) is 5.68. The summed E-state index contributed by atoms with van der Waals surface area (Å²) in [5.41, 5.74) is 6.58. The number of hydrogen-bond donors (Lipinski definition) is 2. The molecular weight excluding hydrogens is 484 g/mol. The Morgan fingerprint density at radius 1 is 1.08 bits per heavy atom. The van der Waals surface area contributed by atoms with Gasteiger partial charge in [0, 0.05) is 36.4 Å². The SMILES string of the molecule is COc1ccc(N2C(=S)NC(c3ccccn3)C2c2cc(C)n(-c3cccnc3)c2C)cc1NC(C)=O. The van der Waals surface area contributed by atoms with Gasteiger partial charge in [0.15, 0.2) is 5.11 Å². The van der Waals surface area contributed by atoms with E-state index in [2.05, 4.69) is 50.0 Å². The van der Waals surface area contributed by atoms with Crippen molar-refractivity contribution in [3.8, 4) is 11.4 Å². The third-order valence-electron chi connectivity index (χ3n) is 6.56. The molecule has 3 aromatic heterocycles. The molecule has 2 N–H and O–H groups in total. The molecule has 4 heterocycles. The molecule has 188 valence electrons. The molecule has 2 atom stereocenters. The Morgan fingerprint density at radius 2 is 1.92 bits per heavy atom. The van der Waals surface area contributed by atoms with Gasteiger partial charge < -0.3 is 24.8 Å². The van der Waals surface area contributed by atoms with Crippen LogP contribution in [0.5, 0.6) is 5.75 Å². The molecule has 8 nitrogen and oxygen atoms in total. The van der Waals surface area contributed by atoms with E-state index in [9.17, 15) is 4.79 Å². The molecule has 1 amide bonds. The van der Waals surface area contributed by atoms with Crippen molar-refractivity contribution in [3.05, 3.63) is 95.8 Å². The molecule has 1 fully saturated rings. The van der Waals surface area contributed by atoms with Gasteiger partial charge in [-0.1, -0.05) is 6.07 Å². The summed E-state index contributed by atoms with van der Waals surface area (Å²) in [6, 6.07) is 17.4. The van der Waals surface area contributed by atoms with Gasteiger partial charge in [0.2, 0.25) is 5.91 Å². The van der Waals surface area contributed by atoms with Crippen LogP contribution in [0.3, 0.4) is 0 Å². The lowest BCUT2D eigenvalue weighted by molar-refractivity contribution is -0.114. The van der Waals surface area contributed by atoms with Crippen LogP contribution in [0.25, 0.3) is 5.69 Å². The second-order valence-corrected chi connectivity index (χ2v) is 9.32. The van der Waals surface area contributed by atoms with Gasteiger partial charge in [0.1, 0.15) is 5.75 Å². The fourth-order valence-corrected chi connectivity index (χ4v) is 5.40. The zero-order valence-electron chi connectivity index (χ0n) is 21.1. The standard InChI is InChI=1S/C28H28N6O2S/c1-17-14-22(18(2)33(17)21-8-7-12-29-16-21)27-26(23-9-5-6-13-30-23)32-28(37)34(27)20-10-11-25(36-4)24(15-20)31-19(3)35/h5-16,26-27H,1-4H3,(H,31,35)(H,32,37). The fraction of sp³-hybridized carbons (Fsp3) is 0.214. The smallest absolute Gasteiger partial charge is 0.221 e. The van der Waals surface area contributed by atoms with Crippen LogP contribution in [0.1, 0.15) is 41.7 Å². The van der Waals surface area contributed by atoms with E-state index in [0.29, 0.717) is 16.5 Å². The molecule has 4 aromatic rings. The summed E-state index contributed by atoms with van der Waals surface area (Å²) in [7, 11) is 1.58. The maximum Gasteiger partial charge on any atom is 0.221 e. The van der Waals surface area contributed by atoms with E-state index < -0.39 is 0 Å². The van der Waals surface area contributed by atoms with E-state index in [1.807, 2.05) is 54.7 Å². The van der Waals surface area contributed by atoms with Crippen LogP contribution in [0.15, 0.2) is 73.2 Å².